The van der Waals surface area contributed by atoms with E-state index in [2.05, 4.69) is 48.9 Å². The van der Waals surface area contributed by atoms with Gasteiger partial charge in [-0.15, -0.1) is 0 Å². The first-order valence-corrected chi connectivity index (χ1v) is 5.24. The van der Waals surface area contributed by atoms with Gasteiger partial charge in [-0.1, -0.05) is 25.1 Å². The predicted octanol–water partition coefficient (Wildman–Crippen LogP) is 0.182. The molecule has 2 nitrogen and oxygen atoms in total. The van der Waals surface area contributed by atoms with Crippen LogP contribution in [0.3, 0.4) is 0 Å². The second kappa shape index (κ2) is 5.17. The topological polar surface area (TPSA) is 28.7 Å². The number of hydrogen-bond acceptors (Lipinski definition) is 1. The Hall–Kier alpha value is -1.28. The molecule has 2 aromatic rings. The van der Waals surface area contributed by atoms with Crippen molar-refractivity contribution in [3.63, 3.8) is 0 Å². The first-order chi connectivity index (χ1) is 7.20. The number of aromatic amines is 1. The van der Waals surface area contributed by atoms with E-state index in [9.17, 15) is 0 Å². The fourth-order valence-electron chi connectivity index (χ4n) is 1.91. The van der Waals surface area contributed by atoms with E-state index < -0.39 is 0 Å². The first kappa shape index (κ1) is 12.8. The molecule has 86 valence electrons. The van der Waals surface area contributed by atoms with Crippen molar-refractivity contribution in [3.05, 3.63) is 53.1 Å². The van der Waals surface area contributed by atoms with E-state index in [-0.39, 0.29) is 12.4 Å². The number of aryl methyl sites for hydroxylation is 1. The van der Waals surface area contributed by atoms with Crippen LogP contribution >= 0.6 is 0 Å². The van der Waals surface area contributed by atoms with Crippen molar-refractivity contribution >= 4 is 0 Å². The molecule has 16 heavy (non-hydrogen) atoms. The summed E-state index contributed by atoms with van der Waals surface area (Å²) in [5.41, 5.74) is 5.27. The minimum absolute atomic E-state index is 0. The first-order valence-electron chi connectivity index (χ1n) is 5.24. The molecule has 0 saturated carbocycles. The van der Waals surface area contributed by atoms with Gasteiger partial charge in [-0.3, -0.25) is 0 Å². The zero-order valence-corrected chi connectivity index (χ0v) is 10.5. The quantitative estimate of drug-likeness (QED) is 0.791. The molecular formula is C13H16ClN2-. The van der Waals surface area contributed by atoms with Gasteiger partial charge >= 0.3 is 0 Å². The summed E-state index contributed by atoms with van der Waals surface area (Å²) in [6.07, 6.45) is 3.63. The standard InChI is InChI=1S/C13H16N2.ClH/c1-9-5-4-6-12(10(9)2)11(3)13-7-14-8-15-13;/h4-8,11H,1-3H3,(H,14,15);1H/p-1/t11-;/m0./s1. The van der Waals surface area contributed by atoms with Crippen molar-refractivity contribution in [2.75, 3.05) is 0 Å². The normalized spacial score (nSPS) is 11.9. The van der Waals surface area contributed by atoms with Crippen LogP contribution in [0.4, 0.5) is 0 Å². The molecular weight excluding hydrogens is 220 g/mol. The number of nitrogens with one attached hydrogen (secondary N) is 1. The van der Waals surface area contributed by atoms with Crippen LogP contribution < -0.4 is 12.4 Å². The monoisotopic (exact) mass is 235 g/mol. The molecule has 0 amide bonds. The van der Waals surface area contributed by atoms with Crippen LogP contribution in [0, 0.1) is 13.8 Å². The predicted molar refractivity (Wildman–Crippen MR) is 62.0 cm³/mol. The molecule has 0 bridgehead atoms. The van der Waals surface area contributed by atoms with Gasteiger partial charge in [0, 0.05) is 17.8 Å². The Kier molecular flexibility index (Phi) is 4.13. The lowest BCUT2D eigenvalue weighted by Crippen LogP contribution is -3.00. The number of hydrogen-bond donors (Lipinski definition) is 1. The van der Waals surface area contributed by atoms with Gasteiger partial charge in [0.1, 0.15) is 0 Å². The Balaban J connectivity index is 0.00000128. The van der Waals surface area contributed by atoms with E-state index in [1.165, 1.54) is 22.4 Å². The maximum absolute atomic E-state index is 4.07. The molecule has 0 aliphatic heterocycles. The third-order valence-corrected chi connectivity index (χ3v) is 3.10. The summed E-state index contributed by atoms with van der Waals surface area (Å²) in [5, 5.41) is 0. The van der Waals surface area contributed by atoms with Crippen molar-refractivity contribution in [2.45, 2.75) is 26.7 Å². The lowest BCUT2D eigenvalue weighted by atomic mass is 9.92. The average Bonchev–Trinajstić information content (AvgIpc) is 2.74. The average molecular weight is 236 g/mol. The maximum Gasteiger partial charge on any atom is 0.0921 e. The maximum atomic E-state index is 4.07. The van der Waals surface area contributed by atoms with Crippen LogP contribution in [0.25, 0.3) is 0 Å². The highest BCUT2D eigenvalue weighted by Crippen LogP contribution is 2.26. The SMILES string of the molecule is Cc1cccc([C@H](C)c2cnc[nH]2)c1C.[Cl-]. The highest BCUT2D eigenvalue weighted by atomic mass is 35.5. The minimum atomic E-state index is 0. The fourth-order valence-corrected chi connectivity index (χ4v) is 1.91. The van der Waals surface area contributed by atoms with Crippen molar-refractivity contribution in [3.8, 4) is 0 Å². The van der Waals surface area contributed by atoms with Gasteiger partial charge in [0.15, 0.2) is 0 Å². The third kappa shape index (κ3) is 2.27. The van der Waals surface area contributed by atoms with Crippen molar-refractivity contribution in [1.29, 1.82) is 0 Å². The highest BCUT2D eigenvalue weighted by Gasteiger charge is 2.12. The van der Waals surface area contributed by atoms with Crippen LogP contribution in [0.15, 0.2) is 30.7 Å². The second-order valence-corrected chi connectivity index (χ2v) is 4.02. The zero-order chi connectivity index (χ0) is 10.8. The van der Waals surface area contributed by atoms with Crippen LogP contribution in [0.2, 0.25) is 0 Å². The fraction of sp³-hybridized carbons (Fsp3) is 0.308. The largest absolute Gasteiger partial charge is 1.00 e. The molecule has 3 heteroatoms. The Bertz CT molecular complexity index is 449. The van der Waals surface area contributed by atoms with Crippen LogP contribution in [-0.2, 0) is 0 Å². The van der Waals surface area contributed by atoms with Gasteiger partial charge in [-0.25, -0.2) is 4.98 Å². The summed E-state index contributed by atoms with van der Waals surface area (Å²) in [4.78, 5) is 7.24. The van der Waals surface area contributed by atoms with E-state index >= 15 is 0 Å². The Morgan fingerprint density at radius 2 is 2.00 bits per heavy atom. The minimum Gasteiger partial charge on any atom is -1.00 e. The van der Waals surface area contributed by atoms with Gasteiger partial charge < -0.3 is 17.4 Å². The summed E-state index contributed by atoms with van der Waals surface area (Å²) in [7, 11) is 0. The van der Waals surface area contributed by atoms with Gasteiger partial charge in [0.2, 0.25) is 0 Å². The third-order valence-electron chi connectivity index (χ3n) is 3.10. The number of imidazole rings is 1. The Morgan fingerprint density at radius 1 is 1.25 bits per heavy atom. The van der Waals surface area contributed by atoms with Gasteiger partial charge in [-0.2, -0.15) is 0 Å². The molecule has 0 radical (unpaired) electrons. The molecule has 1 heterocycles. The molecule has 0 spiro atoms. The molecule has 2 rings (SSSR count). The smallest absolute Gasteiger partial charge is 0.0921 e. The molecule has 0 saturated heterocycles. The molecule has 1 atom stereocenters. The summed E-state index contributed by atoms with van der Waals surface area (Å²) >= 11 is 0. The van der Waals surface area contributed by atoms with Crippen LogP contribution in [0.1, 0.15) is 35.2 Å². The Morgan fingerprint density at radius 3 is 2.62 bits per heavy atom. The zero-order valence-electron chi connectivity index (χ0n) is 9.79. The lowest BCUT2D eigenvalue weighted by Gasteiger charge is -2.14. The van der Waals surface area contributed by atoms with Crippen LogP contribution in [-0.4, -0.2) is 9.97 Å². The molecule has 1 N–H and O–H groups in total. The van der Waals surface area contributed by atoms with Crippen molar-refractivity contribution in [2.24, 2.45) is 0 Å². The summed E-state index contributed by atoms with van der Waals surface area (Å²) in [6.45, 7) is 6.53. The van der Waals surface area contributed by atoms with E-state index in [0.717, 1.165) is 0 Å². The Labute approximate surface area is 103 Å². The number of halogens is 1. The second-order valence-electron chi connectivity index (χ2n) is 4.02. The molecule has 0 fully saturated rings. The molecule has 1 aromatic heterocycles. The molecule has 0 aliphatic carbocycles. The van der Waals surface area contributed by atoms with Gasteiger partial charge in [-0.05, 0) is 30.5 Å². The lowest BCUT2D eigenvalue weighted by molar-refractivity contribution is -0.00000335. The van der Waals surface area contributed by atoms with E-state index in [1.54, 1.807) is 6.33 Å². The van der Waals surface area contributed by atoms with Crippen molar-refractivity contribution < 1.29 is 12.4 Å². The van der Waals surface area contributed by atoms with Gasteiger partial charge in [0.05, 0.1) is 6.33 Å². The number of rotatable bonds is 2. The highest BCUT2D eigenvalue weighted by molar-refractivity contribution is 5.38. The number of benzene rings is 1. The van der Waals surface area contributed by atoms with Gasteiger partial charge in [0.25, 0.3) is 0 Å². The van der Waals surface area contributed by atoms with E-state index in [0.29, 0.717) is 5.92 Å². The van der Waals surface area contributed by atoms with Crippen molar-refractivity contribution in [1.82, 2.24) is 9.97 Å². The number of nitrogens with zero attached hydrogens (tertiary/aromatic N) is 1. The summed E-state index contributed by atoms with van der Waals surface area (Å²) in [5.74, 6) is 0.382. The number of aromatic nitrogens is 2. The van der Waals surface area contributed by atoms with E-state index in [1.807, 2.05) is 6.20 Å². The summed E-state index contributed by atoms with van der Waals surface area (Å²) in [6, 6.07) is 6.46. The molecule has 1 aromatic carbocycles. The van der Waals surface area contributed by atoms with E-state index in [4.69, 9.17) is 0 Å². The molecule has 0 aliphatic rings. The number of H-pyrrole nitrogens is 1. The molecule has 0 unspecified atom stereocenters. The summed E-state index contributed by atoms with van der Waals surface area (Å²) < 4.78 is 0. The van der Waals surface area contributed by atoms with Crippen LogP contribution in [0.5, 0.6) is 0 Å².